The second-order valence-electron chi connectivity index (χ2n) is 14.5. The molecule has 0 amide bonds. The zero-order valence-electron chi connectivity index (χ0n) is 25.9. The van der Waals surface area contributed by atoms with E-state index in [9.17, 15) is 0 Å². The fourth-order valence-electron chi connectivity index (χ4n) is 7.75. The second kappa shape index (κ2) is 9.87. The van der Waals surface area contributed by atoms with Crippen molar-refractivity contribution in [2.24, 2.45) is 18.4 Å². The van der Waals surface area contributed by atoms with Crippen LogP contribution in [-0.4, -0.2) is 0 Å². The van der Waals surface area contributed by atoms with E-state index in [0.717, 1.165) is 18.8 Å². The predicted molar refractivity (Wildman–Crippen MR) is 177 cm³/mol. The van der Waals surface area contributed by atoms with Crippen molar-refractivity contribution in [1.82, 2.24) is 0 Å². The predicted octanol–water partition coefficient (Wildman–Crippen LogP) is 10.9. The van der Waals surface area contributed by atoms with Crippen LogP contribution in [0.25, 0.3) is 43.6 Å². The Hall–Kier alpha value is -2.84. The quantitative estimate of drug-likeness (QED) is 0.154. The van der Waals surface area contributed by atoms with Gasteiger partial charge in [-0.1, -0.05) is 95.6 Å². The SMILES string of the molecule is Cc1c2c(c(CC(C)C)c3ccc(CC(C)(C)C)cc13)Sc1cc3ccc(C4CCCC4)cc3c3cc[n+](C)c-2c13. The number of nitrogens with zero attached hydrogens (tertiary/aromatic N) is 1. The molecule has 0 radical (unpaired) electrons. The Morgan fingerprint density at radius 3 is 2.41 bits per heavy atom. The number of fused-ring (bicyclic) bond motifs is 5. The van der Waals surface area contributed by atoms with Crippen molar-refractivity contribution in [3.8, 4) is 11.3 Å². The van der Waals surface area contributed by atoms with Crippen molar-refractivity contribution in [2.75, 3.05) is 0 Å². The molecular formula is C39H44NS+. The molecule has 1 nitrogen and oxygen atoms in total. The van der Waals surface area contributed by atoms with Gasteiger partial charge in [0.15, 0.2) is 6.20 Å². The normalized spacial score (nSPS) is 15.5. The van der Waals surface area contributed by atoms with Crippen LogP contribution in [0.3, 0.4) is 0 Å². The van der Waals surface area contributed by atoms with Crippen LogP contribution in [0.15, 0.2) is 64.5 Å². The Bertz CT molecular complexity index is 1850. The Labute approximate surface area is 250 Å². The van der Waals surface area contributed by atoms with Crippen molar-refractivity contribution < 1.29 is 4.57 Å². The molecule has 1 aliphatic heterocycles. The summed E-state index contributed by atoms with van der Waals surface area (Å²) < 4.78 is 2.40. The third kappa shape index (κ3) is 4.58. The highest BCUT2D eigenvalue weighted by atomic mass is 32.2. The highest BCUT2D eigenvalue weighted by Gasteiger charge is 2.33. The maximum absolute atomic E-state index is 2.53. The first-order valence-corrected chi connectivity index (χ1v) is 16.6. The molecule has 41 heavy (non-hydrogen) atoms. The van der Waals surface area contributed by atoms with Crippen LogP contribution in [0, 0.1) is 18.3 Å². The minimum absolute atomic E-state index is 0.266. The lowest BCUT2D eigenvalue weighted by Crippen LogP contribution is -2.32. The summed E-state index contributed by atoms with van der Waals surface area (Å²) in [5.41, 5.74) is 9.06. The minimum Gasteiger partial charge on any atom is -0.200 e. The summed E-state index contributed by atoms with van der Waals surface area (Å²) in [7, 11) is 2.25. The first-order valence-electron chi connectivity index (χ1n) is 15.7. The molecule has 0 N–H and O–H groups in total. The third-order valence-corrected chi connectivity index (χ3v) is 10.7. The number of hydrogen-bond acceptors (Lipinski definition) is 1. The molecule has 0 atom stereocenters. The van der Waals surface area contributed by atoms with Crippen molar-refractivity contribution >= 4 is 44.1 Å². The summed E-state index contributed by atoms with van der Waals surface area (Å²) in [4.78, 5) is 2.89. The van der Waals surface area contributed by atoms with Crippen LogP contribution < -0.4 is 4.57 Å². The van der Waals surface area contributed by atoms with Gasteiger partial charge in [0, 0.05) is 21.2 Å². The smallest absolute Gasteiger partial charge is 0.200 e. The van der Waals surface area contributed by atoms with Crippen molar-refractivity contribution in [1.29, 1.82) is 0 Å². The molecule has 0 spiro atoms. The van der Waals surface area contributed by atoms with Gasteiger partial charge >= 0.3 is 0 Å². The number of rotatable bonds is 4. The van der Waals surface area contributed by atoms with Gasteiger partial charge in [-0.2, -0.15) is 0 Å². The van der Waals surface area contributed by atoms with E-state index in [4.69, 9.17) is 0 Å². The van der Waals surface area contributed by atoms with Crippen LogP contribution in [0.5, 0.6) is 0 Å². The average Bonchev–Trinajstić information content (AvgIpc) is 3.46. The molecule has 1 saturated carbocycles. The number of aromatic nitrogens is 1. The lowest BCUT2D eigenvalue weighted by Gasteiger charge is -2.26. The van der Waals surface area contributed by atoms with Gasteiger partial charge in [0.1, 0.15) is 7.05 Å². The zero-order valence-corrected chi connectivity index (χ0v) is 26.8. The van der Waals surface area contributed by atoms with Crippen molar-refractivity contribution in [3.05, 3.63) is 77.0 Å². The summed E-state index contributed by atoms with van der Waals surface area (Å²) in [5.74, 6) is 1.32. The molecule has 2 aliphatic rings. The molecule has 210 valence electrons. The molecule has 2 heterocycles. The van der Waals surface area contributed by atoms with Gasteiger partial charge in [-0.05, 0) is 99.7 Å². The van der Waals surface area contributed by atoms with Gasteiger partial charge in [-0.3, -0.25) is 0 Å². The minimum atomic E-state index is 0.266. The maximum Gasteiger partial charge on any atom is 0.222 e. The van der Waals surface area contributed by atoms with E-state index >= 15 is 0 Å². The molecule has 5 aromatic rings. The number of aryl methyl sites for hydroxylation is 2. The maximum atomic E-state index is 2.53. The molecular weight excluding hydrogens is 515 g/mol. The summed E-state index contributed by atoms with van der Waals surface area (Å²) in [6, 6.07) is 19.5. The second-order valence-corrected chi connectivity index (χ2v) is 15.6. The Kier molecular flexibility index (Phi) is 6.51. The highest BCUT2D eigenvalue weighted by molar-refractivity contribution is 8.00. The summed E-state index contributed by atoms with van der Waals surface area (Å²) >= 11 is 2.03. The van der Waals surface area contributed by atoms with Crippen LogP contribution in [0.2, 0.25) is 0 Å². The first-order chi connectivity index (χ1) is 19.6. The third-order valence-electron chi connectivity index (χ3n) is 9.54. The Morgan fingerprint density at radius 2 is 1.68 bits per heavy atom. The molecule has 0 unspecified atom stereocenters. The lowest BCUT2D eigenvalue weighted by atomic mass is 9.84. The van der Waals surface area contributed by atoms with E-state index in [1.54, 1.807) is 0 Å². The van der Waals surface area contributed by atoms with Crippen LogP contribution in [-0.2, 0) is 19.9 Å². The zero-order chi connectivity index (χ0) is 28.6. The van der Waals surface area contributed by atoms with Gasteiger partial charge in [-0.15, -0.1) is 0 Å². The van der Waals surface area contributed by atoms with E-state index in [0.29, 0.717) is 5.92 Å². The van der Waals surface area contributed by atoms with E-state index in [2.05, 4.69) is 108 Å². The van der Waals surface area contributed by atoms with Gasteiger partial charge in [0.2, 0.25) is 5.69 Å². The van der Waals surface area contributed by atoms with Crippen LogP contribution in [0.1, 0.15) is 88.5 Å². The molecule has 0 saturated heterocycles. The van der Waals surface area contributed by atoms with E-state index in [1.165, 1.54) is 101 Å². The highest BCUT2D eigenvalue weighted by Crippen LogP contribution is 2.53. The average molecular weight is 559 g/mol. The topological polar surface area (TPSA) is 3.88 Å². The van der Waals surface area contributed by atoms with E-state index in [-0.39, 0.29) is 5.41 Å². The number of pyridine rings is 1. The van der Waals surface area contributed by atoms with Gasteiger partial charge in [0.25, 0.3) is 0 Å². The van der Waals surface area contributed by atoms with Gasteiger partial charge < -0.3 is 0 Å². The van der Waals surface area contributed by atoms with E-state index < -0.39 is 0 Å². The summed E-state index contributed by atoms with van der Waals surface area (Å²) in [6.45, 7) is 14.1. The largest absolute Gasteiger partial charge is 0.222 e. The van der Waals surface area contributed by atoms with Crippen molar-refractivity contribution in [3.63, 3.8) is 0 Å². The summed E-state index contributed by atoms with van der Waals surface area (Å²) in [6.07, 6.45) is 9.93. The molecule has 2 heteroatoms. The number of hydrogen-bond donors (Lipinski definition) is 0. The summed E-state index contributed by atoms with van der Waals surface area (Å²) in [5, 5.41) is 8.53. The lowest BCUT2D eigenvalue weighted by molar-refractivity contribution is -0.659. The van der Waals surface area contributed by atoms with Crippen molar-refractivity contribution in [2.45, 2.75) is 95.8 Å². The van der Waals surface area contributed by atoms with Gasteiger partial charge in [0.05, 0.1) is 10.9 Å². The molecule has 4 aromatic carbocycles. The monoisotopic (exact) mass is 558 g/mol. The molecule has 0 bridgehead atoms. The number of benzene rings is 4. The molecule has 1 aliphatic carbocycles. The van der Waals surface area contributed by atoms with Crippen LogP contribution in [0.4, 0.5) is 0 Å². The Morgan fingerprint density at radius 1 is 0.902 bits per heavy atom. The molecule has 1 fully saturated rings. The fourth-order valence-corrected chi connectivity index (χ4v) is 9.13. The van der Waals surface area contributed by atoms with Gasteiger partial charge in [-0.25, -0.2) is 4.57 Å². The standard InChI is InChI=1S/C39H44NS/c1-23(2)18-33-29-15-12-25(22-39(4,5)6)19-31(29)24(3)35-37-36-30(16-17-40(37)7)32-20-27(26-10-8-9-11-26)13-14-28(32)21-34(36)41-38(33)35/h12-17,19-21,23,26H,8-11,18,22H2,1-7H3/q+1. The van der Waals surface area contributed by atoms with Crippen LogP contribution >= 0.6 is 11.8 Å². The first kappa shape index (κ1) is 27.0. The molecule has 1 aromatic heterocycles. The Balaban J connectivity index is 1.54. The molecule has 7 rings (SSSR count). The fraction of sp³-hybridized carbons (Fsp3) is 0.410. The van der Waals surface area contributed by atoms with E-state index in [1.807, 2.05) is 11.8 Å².